The number of carbonyl (C=O) groups excluding carboxylic acids is 1. The Morgan fingerprint density at radius 3 is 2.85 bits per heavy atom. The molecule has 0 spiro atoms. The molecule has 7 heteroatoms. The average molecular weight is 389 g/mol. The van der Waals surface area contributed by atoms with Crippen LogP contribution in [0.5, 0.6) is 11.6 Å². The van der Waals surface area contributed by atoms with Crippen LogP contribution in [0.25, 0.3) is 0 Å². The van der Waals surface area contributed by atoms with Crippen molar-refractivity contribution in [2.45, 2.75) is 39.7 Å². The Balaban J connectivity index is 1.71. The van der Waals surface area contributed by atoms with Crippen LogP contribution < -0.4 is 9.64 Å². The number of hydrogen-bond donors (Lipinski definition) is 0. The van der Waals surface area contributed by atoms with Gasteiger partial charge in [0, 0.05) is 38.2 Å². The summed E-state index contributed by atoms with van der Waals surface area (Å²) in [6, 6.07) is 7.58. The standard InChI is InChI=1S/C20H25ClN4O2/c1-4-5-20(26)25-9-8-24(12-15(25)3)18-11-19(23-13-22-18)27-17-10-14(2)6-7-16(17)21/h6-7,10-11,13,15H,4-5,8-9,12H2,1-3H3/t15-/m0/s1. The van der Waals surface area contributed by atoms with Gasteiger partial charge >= 0.3 is 0 Å². The third-order valence-corrected chi connectivity index (χ3v) is 4.98. The van der Waals surface area contributed by atoms with E-state index in [-0.39, 0.29) is 11.9 Å². The van der Waals surface area contributed by atoms with Crippen LogP contribution in [0, 0.1) is 6.92 Å². The molecule has 1 amide bonds. The van der Waals surface area contributed by atoms with Crippen LogP contribution in [0.2, 0.25) is 5.02 Å². The molecule has 2 aromatic rings. The lowest BCUT2D eigenvalue weighted by molar-refractivity contribution is -0.133. The van der Waals surface area contributed by atoms with Crippen LogP contribution in [-0.2, 0) is 4.79 Å². The number of aryl methyl sites for hydroxylation is 1. The molecule has 1 aromatic heterocycles. The number of aromatic nitrogens is 2. The normalized spacial score (nSPS) is 17.1. The van der Waals surface area contributed by atoms with E-state index < -0.39 is 0 Å². The number of piperazine rings is 1. The lowest BCUT2D eigenvalue weighted by Gasteiger charge is -2.40. The van der Waals surface area contributed by atoms with E-state index in [9.17, 15) is 4.79 Å². The highest BCUT2D eigenvalue weighted by molar-refractivity contribution is 6.32. The summed E-state index contributed by atoms with van der Waals surface area (Å²) in [4.78, 5) is 24.9. The second-order valence-corrected chi connectivity index (χ2v) is 7.29. The first-order valence-corrected chi connectivity index (χ1v) is 9.66. The van der Waals surface area contributed by atoms with Gasteiger partial charge in [-0.1, -0.05) is 24.6 Å². The Kier molecular flexibility index (Phi) is 6.16. The van der Waals surface area contributed by atoms with Crippen LogP contribution in [-0.4, -0.2) is 46.5 Å². The quantitative estimate of drug-likeness (QED) is 0.772. The molecule has 1 aliphatic rings. The number of nitrogens with zero attached hydrogens (tertiary/aromatic N) is 4. The number of carbonyl (C=O) groups is 1. The largest absolute Gasteiger partial charge is 0.437 e. The fourth-order valence-corrected chi connectivity index (χ4v) is 3.41. The zero-order valence-electron chi connectivity index (χ0n) is 16.0. The first kappa shape index (κ1) is 19.4. The van der Waals surface area contributed by atoms with Crippen molar-refractivity contribution in [3.8, 4) is 11.6 Å². The summed E-state index contributed by atoms with van der Waals surface area (Å²) in [5, 5.41) is 0.539. The first-order valence-electron chi connectivity index (χ1n) is 9.28. The second-order valence-electron chi connectivity index (χ2n) is 6.88. The van der Waals surface area contributed by atoms with Crippen molar-refractivity contribution < 1.29 is 9.53 Å². The van der Waals surface area contributed by atoms with Crippen molar-refractivity contribution in [2.24, 2.45) is 0 Å². The molecule has 0 aliphatic carbocycles. The maximum absolute atomic E-state index is 12.2. The molecule has 1 fully saturated rings. The summed E-state index contributed by atoms with van der Waals surface area (Å²) in [5.41, 5.74) is 1.06. The van der Waals surface area contributed by atoms with Crippen LogP contribution >= 0.6 is 11.6 Å². The molecular weight excluding hydrogens is 364 g/mol. The van der Waals surface area contributed by atoms with Crippen molar-refractivity contribution in [2.75, 3.05) is 24.5 Å². The predicted molar refractivity (Wildman–Crippen MR) is 107 cm³/mol. The molecule has 0 radical (unpaired) electrons. The van der Waals surface area contributed by atoms with E-state index in [2.05, 4.69) is 21.8 Å². The third kappa shape index (κ3) is 4.69. The van der Waals surface area contributed by atoms with Gasteiger partial charge in [0.2, 0.25) is 11.8 Å². The molecule has 0 unspecified atom stereocenters. The average Bonchev–Trinajstić information content (AvgIpc) is 2.65. The van der Waals surface area contributed by atoms with E-state index in [0.29, 0.717) is 29.6 Å². The van der Waals surface area contributed by atoms with Gasteiger partial charge in [0.25, 0.3) is 0 Å². The zero-order chi connectivity index (χ0) is 19.4. The van der Waals surface area contributed by atoms with E-state index in [4.69, 9.17) is 16.3 Å². The molecule has 3 rings (SSSR count). The molecule has 6 nitrogen and oxygen atoms in total. The minimum Gasteiger partial charge on any atom is -0.437 e. The number of halogens is 1. The Morgan fingerprint density at radius 2 is 2.11 bits per heavy atom. The summed E-state index contributed by atoms with van der Waals surface area (Å²) < 4.78 is 5.87. The summed E-state index contributed by atoms with van der Waals surface area (Å²) in [6.07, 6.45) is 2.97. The van der Waals surface area contributed by atoms with Gasteiger partial charge < -0.3 is 14.5 Å². The number of anilines is 1. The van der Waals surface area contributed by atoms with E-state index in [1.165, 1.54) is 6.33 Å². The Hall–Kier alpha value is -2.34. The molecular formula is C20H25ClN4O2. The molecule has 0 bridgehead atoms. The maximum Gasteiger partial charge on any atom is 0.224 e. The van der Waals surface area contributed by atoms with Crippen LogP contribution in [0.15, 0.2) is 30.6 Å². The van der Waals surface area contributed by atoms with Gasteiger partial charge in [0.1, 0.15) is 17.9 Å². The molecule has 1 atom stereocenters. The summed E-state index contributed by atoms with van der Waals surface area (Å²) in [7, 11) is 0. The van der Waals surface area contributed by atoms with Crippen LogP contribution in [0.1, 0.15) is 32.3 Å². The number of rotatable bonds is 5. The summed E-state index contributed by atoms with van der Waals surface area (Å²) >= 11 is 6.21. The maximum atomic E-state index is 12.2. The highest BCUT2D eigenvalue weighted by Gasteiger charge is 2.27. The van der Waals surface area contributed by atoms with Crippen molar-refractivity contribution in [1.29, 1.82) is 0 Å². The minimum absolute atomic E-state index is 0.142. The molecule has 0 N–H and O–H groups in total. The van der Waals surface area contributed by atoms with Gasteiger partial charge in [0.15, 0.2) is 0 Å². The van der Waals surface area contributed by atoms with Gasteiger partial charge in [0.05, 0.1) is 5.02 Å². The van der Waals surface area contributed by atoms with Crippen LogP contribution in [0.3, 0.4) is 0 Å². The summed E-state index contributed by atoms with van der Waals surface area (Å²) in [5.74, 6) is 2.04. The molecule has 1 saturated heterocycles. The van der Waals surface area contributed by atoms with Crippen molar-refractivity contribution in [3.05, 3.63) is 41.2 Å². The molecule has 144 valence electrons. The number of benzene rings is 1. The van der Waals surface area contributed by atoms with E-state index in [1.807, 2.05) is 43.0 Å². The van der Waals surface area contributed by atoms with Crippen LogP contribution in [0.4, 0.5) is 5.82 Å². The fourth-order valence-electron chi connectivity index (χ4n) is 3.25. The Morgan fingerprint density at radius 1 is 1.30 bits per heavy atom. The number of hydrogen-bond acceptors (Lipinski definition) is 5. The smallest absolute Gasteiger partial charge is 0.224 e. The van der Waals surface area contributed by atoms with Crippen molar-refractivity contribution in [1.82, 2.24) is 14.9 Å². The van der Waals surface area contributed by atoms with Gasteiger partial charge in [-0.05, 0) is 38.0 Å². The molecule has 2 heterocycles. The molecule has 0 saturated carbocycles. The Bertz CT molecular complexity index is 814. The lowest BCUT2D eigenvalue weighted by Crippen LogP contribution is -2.54. The van der Waals surface area contributed by atoms with Gasteiger partial charge in [-0.15, -0.1) is 0 Å². The topological polar surface area (TPSA) is 58.6 Å². The van der Waals surface area contributed by atoms with Gasteiger partial charge in [-0.2, -0.15) is 0 Å². The summed E-state index contributed by atoms with van der Waals surface area (Å²) in [6.45, 7) is 8.25. The number of amides is 1. The predicted octanol–water partition coefficient (Wildman–Crippen LogP) is 4.07. The fraction of sp³-hybridized carbons (Fsp3) is 0.450. The molecule has 27 heavy (non-hydrogen) atoms. The van der Waals surface area contributed by atoms with E-state index in [1.54, 1.807) is 0 Å². The zero-order valence-corrected chi connectivity index (χ0v) is 16.7. The van der Waals surface area contributed by atoms with Gasteiger partial charge in [-0.3, -0.25) is 4.79 Å². The van der Waals surface area contributed by atoms with E-state index >= 15 is 0 Å². The highest BCUT2D eigenvalue weighted by atomic mass is 35.5. The second kappa shape index (κ2) is 8.57. The molecule has 1 aliphatic heterocycles. The Labute approximate surface area is 165 Å². The first-order chi connectivity index (χ1) is 13.0. The SMILES string of the molecule is CCCC(=O)N1CCN(c2cc(Oc3cc(C)ccc3Cl)ncn2)C[C@@H]1C. The monoisotopic (exact) mass is 388 g/mol. The minimum atomic E-state index is 0.142. The third-order valence-electron chi connectivity index (χ3n) is 4.66. The number of ether oxygens (including phenoxy) is 1. The van der Waals surface area contributed by atoms with Crippen molar-refractivity contribution in [3.63, 3.8) is 0 Å². The van der Waals surface area contributed by atoms with E-state index in [0.717, 1.165) is 30.9 Å². The van der Waals surface area contributed by atoms with Crippen molar-refractivity contribution >= 4 is 23.3 Å². The highest BCUT2D eigenvalue weighted by Crippen LogP contribution is 2.30. The lowest BCUT2D eigenvalue weighted by atomic mass is 10.1. The van der Waals surface area contributed by atoms with Gasteiger partial charge in [-0.25, -0.2) is 9.97 Å². The molecule has 1 aromatic carbocycles.